The predicted octanol–water partition coefficient (Wildman–Crippen LogP) is 5.83. The minimum atomic E-state index is -4.79. The molecule has 1 atom stereocenters. The molecule has 3 aliphatic carbocycles. The summed E-state index contributed by atoms with van der Waals surface area (Å²) in [5.74, 6) is -0.832. The molecule has 1 amide bonds. The summed E-state index contributed by atoms with van der Waals surface area (Å²) in [7, 11) is 0. The molecule has 208 valence electrons. The van der Waals surface area contributed by atoms with Gasteiger partial charge < -0.3 is 10.2 Å². The van der Waals surface area contributed by atoms with Gasteiger partial charge in [0.2, 0.25) is 5.91 Å². The Morgan fingerprint density at radius 2 is 2.08 bits per heavy atom. The van der Waals surface area contributed by atoms with Crippen LogP contribution in [0.3, 0.4) is 0 Å². The molecule has 40 heavy (non-hydrogen) atoms. The van der Waals surface area contributed by atoms with Crippen LogP contribution in [0.5, 0.6) is 0 Å². The van der Waals surface area contributed by atoms with E-state index in [-0.39, 0.29) is 42.2 Å². The first-order chi connectivity index (χ1) is 19.1. The van der Waals surface area contributed by atoms with Crippen LogP contribution >= 0.6 is 11.3 Å². The number of amides is 1. The Labute approximate surface area is 232 Å². The maximum absolute atomic E-state index is 15.5. The minimum Gasteiger partial charge on any atom is -0.333 e. The Balaban J connectivity index is 1.35. The van der Waals surface area contributed by atoms with E-state index < -0.39 is 23.6 Å². The molecule has 3 aromatic rings. The summed E-state index contributed by atoms with van der Waals surface area (Å²) in [5.41, 5.74) is -0.417. The number of thiophene rings is 1. The normalized spacial score (nSPS) is 23.4. The number of halogens is 4. The van der Waals surface area contributed by atoms with Crippen molar-refractivity contribution in [3.63, 3.8) is 0 Å². The van der Waals surface area contributed by atoms with Crippen LogP contribution in [-0.4, -0.2) is 39.2 Å². The second-order valence-corrected chi connectivity index (χ2v) is 12.0. The van der Waals surface area contributed by atoms with Crippen molar-refractivity contribution in [1.29, 1.82) is 5.26 Å². The number of carbonyl (C=O) groups is 1. The lowest BCUT2D eigenvalue weighted by molar-refractivity contribution is -0.141. The van der Waals surface area contributed by atoms with Crippen LogP contribution in [0.15, 0.2) is 42.6 Å². The molecule has 3 fully saturated rings. The highest BCUT2D eigenvalue weighted by Crippen LogP contribution is 2.56. The van der Waals surface area contributed by atoms with Crippen molar-refractivity contribution in [2.75, 3.05) is 13.1 Å². The van der Waals surface area contributed by atoms with Crippen molar-refractivity contribution < 1.29 is 22.4 Å². The third-order valence-corrected chi connectivity index (χ3v) is 9.36. The van der Waals surface area contributed by atoms with E-state index in [4.69, 9.17) is 0 Å². The van der Waals surface area contributed by atoms with Crippen molar-refractivity contribution >= 4 is 17.2 Å². The molecule has 1 aromatic carbocycles. The molecule has 1 N–H and O–H groups in total. The van der Waals surface area contributed by atoms with Crippen LogP contribution in [0.2, 0.25) is 0 Å². The standard InChI is InChI=1S/C29H27F4N5OS/c1-2-38-15-22(27(36-38)29(31,32)33)26-19(5-3-6-23(26)30)21-14-37(16-24-20(21)9-18(13-34)40-24)25(39)7-4-8-35-28-10-17(11-28)12-28/h3-7,9,15,17,21,35H,2,8,10-12,14,16H2,1H3/b7-4+/t17?,21-,28?/m0/s1. The quantitative estimate of drug-likeness (QED) is 0.287. The van der Waals surface area contributed by atoms with Gasteiger partial charge in [0.15, 0.2) is 5.69 Å². The molecule has 4 aliphatic rings. The van der Waals surface area contributed by atoms with Crippen molar-refractivity contribution in [2.45, 2.75) is 56.9 Å². The van der Waals surface area contributed by atoms with Gasteiger partial charge >= 0.3 is 6.18 Å². The topological polar surface area (TPSA) is 74.0 Å². The number of fused-ring (bicyclic) bond motifs is 1. The Bertz CT molecular complexity index is 1530. The van der Waals surface area contributed by atoms with Crippen molar-refractivity contribution in [1.82, 2.24) is 20.0 Å². The van der Waals surface area contributed by atoms with Gasteiger partial charge in [0.25, 0.3) is 0 Å². The number of carbonyl (C=O) groups excluding carboxylic acids is 1. The average molecular weight is 570 g/mol. The highest BCUT2D eigenvalue weighted by molar-refractivity contribution is 7.12. The van der Waals surface area contributed by atoms with E-state index in [1.54, 1.807) is 30.0 Å². The molecule has 0 saturated heterocycles. The number of nitrogens with one attached hydrogen (secondary N) is 1. The molecule has 0 spiro atoms. The zero-order valence-corrected chi connectivity index (χ0v) is 22.6. The number of rotatable bonds is 7. The van der Waals surface area contributed by atoms with Crippen LogP contribution in [0.4, 0.5) is 17.6 Å². The molecule has 11 heteroatoms. The Morgan fingerprint density at radius 1 is 1.30 bits per heavy atom. The van der Waals surface area contributed by atoms with Gasteiger partial charge in [0.1, 0.15) is 16.8 Å². The third kappa shape index (κ3) is 4.63. The fraction of sp³-hybridized carbons (Fsp3) is 0.414. The summed E-state index contributed by atoms with van der Waals surface area (Å²) >= 11 is 1.24. The van der Waals surface area contributed by atoms with Crippen LogP contribution < -0.4 is 5.32 Å². The second kappa shape index (κ2) is 9.85. The van der Waals surface area contributed by atoms with Gasteiger partial charge in [-0.2, -0.15) is 23.5 Å². The highest BCUT2D eigenvalue weighted by Gasteiger charge is 2.55. The number of benzene rings is 1. The van der Waals surface area contributed by atoms with E-state index in [2.05, 4.69) is 16.5 Å². The van der Waals surface area contributed by atoms with Crippen LogP contribution in [0.25, 0.3) is 11.1 Å². The van der Waals surface area contributed by atoms with Crippen LogP contribution in [0.1, 0.15) is 58.7 Å². The molecule has 1 aliphatic heterocycles. The zero-order valence-electron chi connectivity index (χ0n) is 21.8. The first kappa shape index (κ1) is 26.7. The number of nitriles is 1. The molecular weight excluding hydrogens is 542 g/mol. The summed E-state index contributed by atoms with van der Waals surface area (Å²) in [6, 6.07) is 8.01. The highest BCUT2D eigenvalue weighted by atomic mass is 32.1. The maximum Gasteiger partial charge on any atom is 0.435 e. The smallest absolute Gasteiger partial charge is 0.333 e. The number of hydrogen-bond acceptors (Lipinski definition) is 5. The largest absolute Gasteiger partial charge is 0.435 e. The van der Waals surface area contributed by atoms with Gasteiger partial charge in [-0.15, -0.1) is 11.3 Å². The number of alkyl halides is 3. The average Bonchev–Trinajstić information content (AvgIpc) is 3.50. The summed E-state index contributed by atoms with van der Waals surface area (Å²) in [4.78, 5) is 16.0. The summed E-state index contributed by atoms with van der Waals surface area (Å²) in [5, 5.41) is 16.7. The lowest BCUT2D eigenvalue weighted by Gasteiger charge is -2.62. The third-order valence-electron chi connectivity index (χ3n) is 8.31. The van der Waals surface area contributed by atoms with E-state index in [1.807, 2.05) is 0 Å². The Hall–Kier alpha value is -3.49. The number of aryl methyl sites for hydroxylation is 1. The van der Waals surface area contributed by atoms with Crippen molar-refractivity contribution in [3.8, 4) is 17.2 Å². The number of nitrogens with zero attached hydrogens (tertiary/aromatic N) is 4. The fourth-order valence-corrected chi connectivity index (χ4v) is 7.27. The lowest BCUT2D eigenvalue weighted by Crippen LogP contribution is -2.66. The second-order valence-electron chi connectivity index (χ2n) is 10.9. The fourth-order valence-electron chi connectivity index (χ4n) is 6.23. The van der Waals surface area contributed by atoms with E-state index in [0.717, 1.165) is 27.1 Å². The first-order valence-electron chi connectivity index (χ1n) is 13.3. The van der Waals surface area contributed by atoms with Gasteiger partial charge in [-0.25, -0.2) is 4.39 Å². The molecule has 0 unspecified atom stereocenters. The van der Waals surface area contributed by atoms with Gasteiger partial charge in [-0.3, -0.25) is 9.48 Å². The Morgan fingerprint density at radius 3 is 2.73 bits per heavy atom. The molecule has 3 heterocycles. The summed E-state index contributed by atoms with van der Waals surface area (Å²) < 4.78 is 58.6. The van der Waals surface area contributed by atoms with Crippen LogP contribution in [0, 0.1) is 23.1 Å². The lowest BCUT2D eigenvalue weighted by atomic mass is 9.50. The van der Waals surface area contributed by atoms with Gasteiger partial charge in [0.05, 0.1) is 6.54 Å². The molecular formula is C29H27F4N5OS. The molecule has 7 rings (SSSR count). The monoisotopic (exact) mass is 569 g/mol. The van der Waals surface area contributed by atoms with Crippen molar-refractivity contribution in [2.24, 2.45) is 5.92 Å². The minimum absolute atomic E-state index is 0.135. The molecule has 3 saturated carbocycles. The molecule has 2 aromatic heterocycles. The van der Waals surface area contributed by atoms with E-state index in [9.17, 15) is 23.2 Å². The number of hydrogen-bond donors (Lipinski definition) is 1. The van der Waals surface area contributed by atoms with E-state index >= 15 is 4.39 Å². The molecule has 2 bridgehead atoms. The van der Waals surface area contributed by atoms with E-state index in [1.165, 1.54) is 48.9 Å². The summed E-state index contributed by atoms with van der Waals surface area (Å²) in [6.07, 6.45) is 3.30. The molecule has 0 radical (unpaired) electrons. The summed E-state index contributed by atoms with van der Waals surface area (Å²) in [6.45, 7) is 2.82. The van der Waals surface area contributed by atoms with Crippen LogP contribution in [-0.2, 0) is 24.1 Å². The van der Waals surface area contributed by atoms with Gasteiger partial charge in [0, 0.05) is 59.4 Å². The van der Waals surface area contributed by atoms with Crippen molar-refractivity contribution in [3.05, 3.63) is 75.0 Å². The SMILES string of the molecule is CCn1cc(-c2c(F)cccc2[C@@H]2CN(C(=O)/C=C/CNC34CC(C3)C4)Cc3sc(C#N)cc32)c(C(F)(F)F)n1. The molecule has 6 nitrogen and oxygen atoms in total. The van der Waals surface area contributed by atoms with Gasteiger partial charge in [-0.1, -0.05) is 18.2 Å². The maximum atomic E-state index is 15.5. The van der Waals surface area contributed by atoms with Gasteiger partial charge in [-0.05, 0) is 55.4 Å². The number of aromatic nitrogens is 2. The predicted molar refractivity (Wildman–Crippen MR) is 142 cm³/mol. The Kier molecular flexibility index (Phi) is 6.58. The zero-order chi connectivity index (χ0) is 28.2. The van der Waals surface area contributed by atoms with E-state index in [0.29, 0.717) is 17.0 Å². The first-order valence-corrected chi connectivity index (χ1v) is 14.1.